The third kappa shape index (κ3) is 2.89. The summed E-state index contributed by atoms with van der Waals surface area (Å²) in [5, 5.41) is 5.48. The minimum atomic E-state index is -3.89. The van der Waals surface area contributed by atoms with Crippen LogP contribution < -0.4 is 9.44 Å². The Hall–Kier alpha value is -0.200. The molecule has 0 heterocycles. The lowest BCUT2D eigenvalue weighted by molar-refractivity contribution is 0.596. The lowest BCUT2D eigenvalue weighted by atomic mass is 10.3. The monoisotopic (exact) mass is 288 g/mol. The van der Waals surface area contributed by atoms with E-state index in [0.29, 0.717) is 5.02 Å². The maximum absolute atomic E-state index is 11.1. The molecule has 0 atom stereocenters. The van der Waals surface area contributed by atoms with E-state index < -0.39 is 10.2 Å². The van der Waals surface area contributed by atoms with Crippen LogP contribution in [-0.2, 0) is 10.2 Å². The molecule has 2 N–H and O–H groups in total. The fraction of sp³-hybridized carbons (Fsp3) is 0.143. The Labute approximate surface area is 103 Å². The van der Waals surface area contributed by atoms with Crippen molar-refractivity contribution in [2.24, 2.45) is 5.14 Å². The fourth-order valence-electron chi connectivity index (χ4n) is 0.963. The summed E-state index contributed by atoms with van der Waals surface area (Å²) in [4.78, 5) is 0. The Morgan fingerprint density at radius 2 is 1.60 bits per heavy atom. The molecule has 0 saturated carbocycles. The lowest BCUT2D eigenvalue weighted by Gasteiger charge is -2.18. The fourth-order valence-corrected chi connectivity index (χ4v) is 2.58. The van der Waals surface area contributed by atoms with Gasteiger partial charge in [-0.2, -0.15) is 8.42 Å². The Bertz CT molecular complexity index is 466. The zero-order valence-electron chi connectivity index (χ0n) is 7.54. The Morgan fingerprint density at radius 3 is 1.93 bits per heavy atom. The van der Waals surface area contributed by atoms with Gasteiger partial charge in [0, 0.05) is 12.1 Å². The molecule has 0 aliphatic heterocycles. The van der Waals surface area contributed by atoms with E-state index >= 15 is 0 Å². The smallest absolute Gasteiger partial charge is 0.258 e. The third-order valence-electron chi connectivity index (χ3n) is 1.68. The molecule has 4 nitrogen and oxygen atoms in total. The molecule has 1 aromatic rings. The molecule has 0 aliphatic carbocycles. The van der Waals surface area contributed by atoms with Crippen molar-refractivity contribution in [2.45, 2.75) is 0 Å². The summed E-state index contributed by atoms with van der Waals surface area (Å²) in [7, 11) is -2.65. The van der Waals surface area contributed by atoms with Crippen molar-refractivity contribution < 1.29 is 8.42 Å². The largest absolute Gasteiger partial charge is 0.298 e. The van der Waals surface area contributed by atoms with Gasteiger partial charge in [-0.1, -0.05) is 34.8 Å². The molecule has 0 radical (unpaired) electrons. The molecule has 0 spiro atoms. The summed E-state index contributed by atoms with van der Waals surface area (Å²) in [6, 6.07) is 2.76. The van der Waals surface area contributed by atoms with E-state index in [1.807, 2.05) is 0 Å². The Kier molecular flexibility index (Phi) is 3.73. The summed E-state index contributed by atoms with van der Waals surface area (Å²) in [6.45, 7) is 0. The van der Waals surface area contributed by atoms with Gasteiger partial charge in [0.2, 0.25) is 0 Å². The van der Waals surface area contributed by atoms with Crippen molar-refractivity contribution in [1.82, 2.24) is 0 Å². The van der Waals surface area contributed by atoms with Gasteiger partial charge in [0.1, 0.15) is 0 Å². The van der Waals surface area contributed by atoms with Crippen LogP contribution in [0.2, 0.25) is 15.1 Å². The molecule has 1 rings (SSSR count). The van der Waals surface area contributed by atoms with Gasteiger partial charge in [-0.05, 0) is 12.1 Å². The van der Waals surface area contributed by atoms with Crippen molar-refractivity contribution in [3.05, 3.63) is 27.2 Å². The highest BCUT2D eigenvalue weighted by Gasteiger charge is 2.19. The van der Waals surface area contributed by atoms with Crippen LogP contribution in [0.4, 0.5) is 5.69 Å². The van der Waals surface area contributed by atoms with Gasteiger partial charge in [0.25, 0.3) is 10.2 Å². The first-order valence-electron chi connectivity index (χ1n) is 3.64. The first kappa shape index (κ1) is 12.9. The average Bonchev–Trinajstić information content (AvgIpc) is 1.99. The Morgan fingerprint density at radius 1 is 1.20 bits per heavy atom. The molecule has 0 bridgehead atoms. The van der Waals surface area contributed by atoms with Crippen molar-refractivity contribution in [3.8, 4) is 0 Å². The van der Waals surface area contributed by atoms with E-state index in [-0.39, 0.29) is 15.7 Å². The van der Waals surface area contributed by atoms with Crippen LogP contribution in [-0.4, -0.2) is 15.5 Å². The first-order valence-corrected chi connectivity index (χ1v) is 6.28. The predicted molar refractivity (Wildman–Crippen MR) is 63.0 cm³/mol. The van der Waals surface area contributed by atoms with Crippen molar-refractivity contribution in [1.29, 1.82) is 0 Å². The number of anilines is 1. The molecule has 0 fully saturated rings. The van der Waals surface area contributed by atoms with Gasteiger partial charge < -0.3 is 0 Å². The number of nitrogens with two attached hydrogens (primary N) is 1. The van der Waals surface area contributed by atoms with Gasteiger partial charge in [0.15, 0.2) is 0 Å². The quantitative estimate of drug-likeness (QED) is 0.908. The molecule has 0 unspecified atom stereocenters. The highest BCUT2D eigenvalue weighted by Crippen LogP contribution is 2.36. The zero-order valence-corrected chi connectivity index (χ0v) is 10.6. The second kappa shape index (κ2) is 4.35. The maximum atomic E-state index is 11.1. The van der Waals surface area contributed by atoms with Crippen LogP contribution in [0.1, 0.15) is 0 Å². The van der Waals surface area contributed by atoms with E-state index in [1.54, 1.807) is 0 Å². The summed E-state index contributed by atoms with van der Waals surface area (Å²) in [6.07, 6.45) is 0. The number of benzene rings is 1. The van der Waals surface area contributed by atoms with Crippen molar-refractivity contribution >= 4 is 50.7 Å². The summed E-state index contributed by atoms with van der Waals surface area (Å²) < 4.78 is 22.9. The standard InChI is InChI=1S/C7H7Cl3N2O2S/c1-12(15(11,13)14)7-5(9)2-4(8)3-6(7)10/h2-3H,1H3,(H2,11,13,14). The highest BCUT2D eigenvalue weighted by atomic mass is 35.5. The molecule has 84 valence electrons. The van der Waals surface area contributed by atoms with Gasteiger partial charge in [0.05, 0.1) is 15.7 Å². The van der Waals surface area contributed by atoms with Crippen molar-refractivity contribution in [3.63, 3.8) is 0 Å². The predicted octanol–water partition coefficient (Wildman–Crippen LogP) is 2.29. The summed E-state index contributed by atoms with van der Waals surface area (Å²) in [5.74, 6) is 0. The van der Waals surface area contributed by atoms with E-state index in [4.69, 9.17) is 39.9 Å². The number of nitrogens with zero attached hydrogens (tertiary/aromatic N) is 1. The number of halogens is 3. The number of hydrogen-bond donors (Lipinski definition) is 1. The van der Waals surface area contributed by atoms with E-state index in [0.717, 1.165) is 4.31 Å². The van der Waals surface area contributed by atoms with E-state index in [1.165, 1.54) is 19.2 Å². The SMILES string of the molecule is CN(c1c(Cl)cc(Cl)cc1Cl)S(N)(=O)=O. The summed E-state index contributed by atoms with van der Waals surface area (Å²) in [5.41, 5.74) is 0.102. The molecule has 1 aromatic carbocycles. The van der Waals surface area contributed by atoms with Crippen LogP contribution in [0, 0.1) is 0 Å². The van der Waals surface area contributed by atoms with Crippen LogP contribution in [0.25, 0.3) is 0 Å². The van der Waals surface area contributed by atoms with Gasteiger partial charge in [-0.25, -0.2) is 5.14 Å². The van der Waals surface area contributed by atoms with Gasteiger partial charge >= 0.3 is 0 Å². The van der Waals surface area contributed by atoms with Gasteiger partial charge in [-0.15, -0.1) is 0 Å². The molecular weight excluding hydrogens is 283 g/mol. The molecule has 0 aromatic heterocycles. The zero-order chi connectivity index (χ0) is 11.8. The van der Waals surface area contributed by atoms with Crippen molar-refractivity contribution in [2.75, 3.05) is 11.4 Å². The number of rotatable bonds is 2. The first-order chi connectivity index (χ1) is 6.73. The topological polar surface area (TPSA) is 63.4 Å². The third-order valence-corrected chi connectivity index (χ3v) is 3.42. The minimum absolute atomic E-state index is 0.102. The van der Waals surface area contributed by atoms with E-state index in [9.17, 15) is 8.42 Å². The molecule has 0 aliphatic rings. The molecule has 15 heavy (non-hydrogen) atoms. The normalized spacial score (nSPS) is 11.5. The highest BCUT2D eigenvalue weighted by molar-refractivity contribution is 7.90. The average molecular weight is 290 g/mol. The molecular formula is C7H7Cl3N2O2S. The second-order valence-electron chi connectivity index (χ2n) is 2.73. The maximum Gasteiger partial charge on any atom is 0.298 e. The van der Waals surface area contributed by atoms with E-state index in [2.05, 4.69) is 0 Å². The van der Waals surface area contributed by atoms with Crippen LogP contribution in [0.3, 0.4) is 0 Å². The number of hydrogen-bond acceptors (Lipinski definition) is 2. The molecule has 0 saturated heterocycles. The van der Waals surface area contributed by atoms with Crippen LogP contribution >= 0.6 is 34.8 Å². The molecule has 0 amide bonds. The Balaban J connectivity index is 3.39. The minimum Gasteiger partial charge on any atom is -0.258 e. The molecule has 8 heteroatoms. The lowest BCUT2D eigenvalue weighted by Crippen LogP contribution is -2.33. The summed E-state index contributed by atoms with van der Waals surface area (Å²) >= 11 is 17.3. The van der Waals surface area contributed by atoms with Gasteiger partial charge in [-0.3, -0.25) is 4.31 Å². The van der Waals surface area contributed by atoms with Crippen LogP contribution in [0.5, 0.6) is 0 Å². The second-order valence-corrected chi connectivity index (χ2v) is 5.56. The van der Waals surface area contributed by atoms with Crippen LogP contribution in [0.15, 0.2) is 12.1 Å².